The fourth-order valence-electron chi connectivity index (χ4n) is 5.03. The van der Waals surface area contributed by atoms with E-state index in [2.05, 4.69) is 5.32 Å². The van der Waals surface area contributed by atoms with E-state index >= 15 is 0 Å². The predicted octanol–water partition coefficient (Wildman–Crippen LogP) is 0.981. The highest BCUT2D eigenvalue weighted by Gasteiger charge is 2.54. The summed E-state index contributed by atoms with van der Waals surface area (Å²) in [5, 5.41) is 3.19. The van der Waals surface area contributed by atoms with E-state index in [0.717, 1.165) is 11.8 Å². The van der Waals surface area contributed by atoms with Crippen LogP contribution in [-0.2, 0) is 11.3 Å². The van der Waals surface area contributed by atoms with Gasteiger partial charge in [0.1, 0.15) is 6.54 Å². The van der Waals surface area contributed by atoms with Gasteiger partial charge in [-0.05, 0) is 61.5 Å². The molecule has 5 rings (SSSR count). The van der Waals surface area contributed by atoms with Crippen LogP contribution in [0.1, 0.15) is 25.7 Å². The normalized spacial score (nSPS) is 36.1. The molecule has 112 valence electrons. The summed E-state index contributed by atoms with van der Waals surface area (Å²) < 4.78 is 1.38. The number of amides is 1. The zero-order valence-electron chi connectivity index (χ0n) is 12.0. The van der Waals surface area contributed by atoms with Crippen molar-refractivity contribution in [2.45, 2.75) is 38.3 Å². The van der Waals surface area contributed by atoms with Crippen LogP contribution in [0.25, 0.3) is 0 Å². The van der Waals surface area contributed by atoms with Gasteiger partial charge in [-0.3, -0.25) is 9.59 Å². The van der Waals surface area contributed by atoms with Gasteiger partial charge in [-0.1, -0.05) is 0 Å². The first-order valence-corrected chi connectivity index (χ1v) is 7.86. The van der Waals surface area contributed by atoms with Crippen LogP contribution in [0.2, 0.25) is 0 Å². The van der Waals surface area contributed by atoms with E-state index in [1.54, 1.807) is 18.3 Å². The summed E-state index contributed by atoms with van der Waals surface area (Å²) in [4.78, 5) is 24.1. The monoisotopic (exact) mass is 287 g/mol. The Kier molecular flexibility index (Phi) is 2.84. The van der Waals surface area contributed by atoms with Crippen molar-refractivity contribution in [3.05, 3.63) is 28.7 Å². The fourth-order valence-corrected chi connectivity index (χ4v) is 5.03. The lowest BCUT2D eigenvalue weighted by molar-refractivity contribution is -0.123. The smallest absolute Gasteiger partial charge is 0.274 e. The Labute approximate surface area is 123 Å². The molecule has 1 amide bonds. The summed E-state index contributed by atoms with van der Waals surface area (Å²) in [6, 6.07) is 3.59. The van der Waals surface area contributed by atoms with Crippen molar-refractivity contribution in [2.75, 3.05) is 5.73 Å². The standard InChI is InChI=1S/C16H21N3O2/c17-13-2-1-3-19(16(13)21)8-14(20)18-15-11-5-9-4-10(7-11)12(15)6-9/h1-3,9-12,15H,4-8,17H2,(H,18,20)/t9?,10?,11?,12?,15-/m0/s1. The van der Waals surface area contributed by atoms with Crippen molar-refractivity contribution >= 4 is 11.6 Å². The third-order valence-corrected chi connectivity index (χ3v) is 5.75. The molecule has 0 aliphatic heterocycles. The van der Waals surface area contributed by atoms with Crippen LogP contribution in [0.15, 0.2) is 23.1 Å². The number of pyridine rings is 1. The van der Waals surface area contributed by atoms with Crippen molar-refractivity contribution in [3.8, 4) is 0 Å². The van der Waals surface area contributed by atoms with Crippen LogP contribution in [0, 0.1) is 23.7 Å². The maximum Gasteiger partial charge on any atom is 0.274 e. The number of aromatic nitrogens is 1. The van der Waals surface area contributed by atoms with Gasteiger partial charge in [-0.2, -0.15) is 0 Å². The molecule has 4 saturated carbocycles. The van der Waals surface area contributed by atoms with E-state index in [9.17, 15) is 9.59 Å². The molecule has 1 aromatic rings. The van der Waals surface area contributed by atoms with Crippen LogP contribution >= 0.6 is 0 Å². The maximum absolute atomic E-state index is 12.3. The van der Waals surface area contributed by atoms with Crippen molar-refractivity contribution in [3.63, 3.8) is 0 Å². The number of anilines is 1. The number of hydrogen-bond donors (Lipinski definition) is 2. The number of hydrogen-bond acceptors (Lipinski definition) is 3. The molecule has 4 bridgehead atoms. The minimum atomic E-state index is -0.290. The molecule has 4 fully saturated rings. The second kappa shape index (κ2) is 4.61. The molecule has 0 radical (unpaired) electrons. The minimum Gasteiger partial charge on any atom is -0.394 e. The fraction of sp³-hybridized carbons (Fsp3) is 0.625. The maximum atomic E-state index is 12.3. The number of nitrogens with two attached hydrogens (primary N) is 1. The molecule has 4 aliphatic rings. The Morgan fingerprint density at radius 1 is 1.29 bits per heavy atom. The first kappa shape index (κ1) is 12.9. The highest BCUT2D eigenvalue weighted by Crippen LogP contribution is 2.57. The number of carbonyl (C=O) groups excluding carboxylic acids is 1. The summed E-state index contributed by atoms with van der Waals surface area (Å²) in [6.07, 6.45) is 6.82. The zero-order chi connectivity index (χ0) is 14.6. The Hall–Kier alpha value is -1.78. The van der Waals surface area contributed by atoms with Gasteiger partial charge < -0.3 is 15.6 Å². The molecule has 3 N–H and O–H groups in total. The quantitative estimate of drug-likeness (QED) is 0.870. The van der Waals surface area contributed by atoms with Crippen molar-refractivity contribution < 1.29 is 4.79 Å². The van der Waals surface area contributed by atoms with E-state index in [-0.39, 0.29) is 23.7 Å². The van der Waals surface area contributed by atoms with Gasteiger partial charge in [0.2, 0.25) is 5.91 Å². The van der Waals surface area contributed by atoms with Crippen LogP contribution < -0.4 is 16.6 Å². The van der Waals surface area contributed by atoms with Gasteiger partial charge in [0.15, 0.2) is 0 Å². The summed E-state index contributed by atoms with van der Waals surface area (Å²) in [6.45, 7) is 0.0634. The van der Waals surface area contributed by atoms with E-state index in [0.29, 0.717) is 17.9 Å². The van der Waals surface area contributed by atoms with E-state index < -0.39 is 0 Å². The molecule has 0 spiro atoms. The van der Waals surface area contributed by atoms with Crippen LogP contribution in [0.3, 0.4) is 0 Å². The molecule has 4 unspecified atom stereocenters. The third kappa shape index (κ3) is 2.06. The highest BCUT2D eigenvalue weighted by molar-refractivity contribution is 5.76. The molecule has 5 heteroatoms. The summed E-state index contributed by atoms with van der Waals surface area (Å²) >= 11 is 0. The van der Waals surface area contributed by atoms with E-state index in [1.807, 2.05) is 0 Å². The first-order valence-electron chi connectivity index (χ1n) is 7.86. The van der Waals surface area contributed by atoms with Gasteiger partial charge >= 0.3 is 0 Å². The SMILES string of the molecule is Nc1cccn(CC(=O)N[C@H]2C3CC4CC(C3)C2C4)c1=O. The third-order valence-electron chi connectivity index (χ3n) is 5.75. The lowest BCUT2D eigenvalue weighted by Gasteiger charge is -2.32. The topological polar surface area (TPSA) is 77.1 Å². The van der Waals surface area contributed by atoms with Crippen molar-refractivity contribution in [1.29, 1.82) is 0 Å². The lowest BCUT2D eigenvalue weighted by atomic mass is 9.79. The second-order valence-corrected chi connectivity index (χ2v) is 6.98. The number of nitrogen functional groups attached to an aromatic ring is 1. The summed E-state index contributed by atoms with van der Waals surface area (Å²) in [7, 11) is 0. The van der Waals surface area contributed by atoms with E-state index in [1.165, 1.54) is 30.3 Å². The predicted molar refractivity (Wildman–Crippen MR) is 79.5 cm³/mol. The molecule has 4 aliphatic carbocycles. The van der Waals surface area contributed by atoms with Crippen LogP contribution in [-0.4, -0.2) is 16.5 Å². The molecule has 0 saturated heterocycles. The second-order valence-electron chi connectivity index (χ2n) is 6.98. The molecule has 21 heavy (non-hydrogen) atoms. The van der Waals surface area contributed by atoms with Gasteiger partial charge in [-0.15, -0.1) is 0 Å². The van der Waals surface area contributed by atoms with Gasteiger partial charge in [-0.25, -0.2) is 0 Å². The lowest BCUT2D eigenvalue weighted by Crippen LogP contribution is -2.46. The summed E-state index contributed by atoms with van der Waals surface area (Å²) in [5.41, 5.74) is 5.49. The molecule has 5 nitrogen and oxygen atoms in total. The Bertz CT molecular complexity index is 635. The Balaban J connectivity index is 1.45. The minimum absolute atomic E-state index is 0.0634. The number of nitrogens with zero attached hydrogens (tertiary/aromatic N) is 1. The average Bonchev–Trinajstić information content (AvgIpc) is 2.86. The molecule has 5 atom stereocenters. The van der Waals surface area contributed by atoms with Gasteiger partial charge in [0.25, 0.3) is 5.56 Å². The summed E-state index contributed by atoms with van der Waals surface area (Å²) in [5.74, 6) is 3.01. The zero-order valence-corrected chi connectivity index (χ0v) is 12.0. The van der Waals surface area contributed by atoms with E-state index in [4.69, 9.17) is 5.73 Å². The Morgan fingerprint density at radius 2 is 2.10 bits per heavy atom. The average molecular weight is 287 g/mol. The first-order chi connectivity index (χ1) is 10.1. The van der Waals surface area contributed by atoms with Gasteiger partial charge in [0.05, 0.1) is 5.69 Å². The van der Waals surface area contributed by atoms with Crippen LogP contribution in [0.4, 0.5) is 5.69 Å². The molecular weight excluding hydrogens is 266 g/mol. The Morgan fingerprint density at radius 3 is 2.90 bits per heavy atom. The number of rotatable bonds is 3. The number of carbonyl (C=O) groups is 1. The molecular formula is C16H21N3O2. The molecule has 1 aromatic heterocycles. The highest BCUT2D eigenvalue weighted by atomic mass is 16.2. The largest absolute Gasteiger partial charge is 0.394 e. The number of nitrogens with one attached hydrogen (secondary N) is 1. The molecule has 1 heterocycles. The molecule has 0 aromatic carbocycles. The van der Waals surface area contributed by atoms with Gasteiger partial charge in [0, 0.05) is 12.2 Å². The van der Waals surface area contributed by atoms with Crippen molar-refractivity contribution in [2.24, 2.45) is 23.7 Å². The van der Waals surface area contributed by atoms with Crippen LogP contribution in [0.5, 0.6) is 0 Å². The van der Waals surface area contributed by atoms with Crippen molar-refractivity contribution in [1.82, 2.24) is 9.88 Å².